The highest BCUT2D eigenvalue weighted by molar-refractivity contribution is 7.89. The van der Waals surface area contributed by atoms with Crippen molar-refractivity contribution >= 4 is 39.8 Å². The number of aliphatic carboxylic acids is 1. The Labute approximate surface area is 208 Å². The average molecular weight is 515 g/mol. The van der Waals surface area contributed by atoms with Crippen LogP contribution in [0.1, 0.15) is 33.5 Å². The largest absolute Gasteiger partial charge is 0.481 e. The third-order valence-corrected chi connectivity index (χ3v) is 6.89. The SMILES string of the molecule is O=C[C@H](CC(=O)O)NC(=O)c1ccc(CNS(=O)(=O)c2cccc(Cc3ccccc3Cl)c2)cc1. The topological polar surface area (TPSA) is 130 Å². The van der Waals surface area contributed by atoms with Crippen molar-refractivity contribution in [2.24, 2.45) is 0 Å². The van der Waals surface area contributed by atoms with Crippen LogP contribution in [0.4, 0.5) is 0 Å². The number of sulfonamides is 1. The van der Waals surface area contributed by atoms with Gasteiger partial charge in [-0.1, -0.05) is 54.1 Å². The predicted molar refractivity (Wildman–Crippen MR) is 131 cm³/mol. The molecule has 0 aromatic heterocycles. The first-order valence-corrected chi connectivity index (χ1v) is 12.4. The van der Waals surface area contributed by atoms with Crippen LogP contribution in [-0.4, -0.2) is 37.7 Å². The maximum atomic E-state index is 12.8. The highest BCUT2D eigenvalue weighted by Crippen LogP contribution is 2.21. The van der Waals surface area contributed by atoms with Gasteiger partial charge in [0, 0.05) is 17.1 Å². The van der Waals surface area contributed by atoms with Crippen molar-refractivity contribution in [3.8, 4) is 0 Å². The van der Waals surface area contributed by atoms with E-state index in [-0.39, 0.29) is 17.0 Å². The molecule has 182 valence electrons. The molecule has 0 spiro atoms. The van der Waals surface area contributed by atoms with E-state index >= 15 is 0 Å². The van der Waals surface area contributed by atoms with E-state index in [1.807, 2.05) is 24.3 Å². The molecule has 0 aliphatic heterocycles. The number of amides is 1. The van der Waals surface area contributed by atoms with Gasteiger partial charge in [0.2, 0.25) is 10.0 Å². The smallest absolute Gasteiger partial charge is 0.305 e. The zero-order valence-electron chi connectivity index (χ0n) is 18.5. The van der Waals surface area contributed by atoms with Crippen LogP contribution >= 0.6 is 11.6 Å². The van der Waals surface area contributed by atoms with Gasteiger partial charge in [-0.2, -0.15) is 0 Å². The Morgan fingerprint density at radius 2 is 1.69 bits per heavy atom. The molecule has 1 amide bonds. The number of halogens is 1. The van der Waals surface area contributed by atoms with Crippen molar-refractivity contribution in [1.82, 2.24) is 10.0 Å². The lowest BCUT2D eigenvalue weighted by Crippen LogP contribution is -2.37. The molecule has 35 heavy (non-hydrogen) atoms. The molecule has 3 aromatic rings. The Morgan fingerprint density at radius 1 is 0.971 bits per heavy atom. The predicted octanol–water partition coefficient (Wildman–Crippen LogP) is 3.18. The van der Waals surface area contributed by atoms with Crippen molar-refractivity contribution in [1.29, 1.82) is 0 Å². The van der Waals surface area contributed by atoms with Gasteiger partial charge in [0.1, 0.15) is 6.29 Å². The summed E-state index contributed by atoms with van der Waals surface area (Å²) in [6, 6.07) is 18.9. The first-order chi connectivity index (χ1) is 16.7. The van der Waals surface area contributed by atoms with Gasteiger partial charge in [-0.25, -0.2) is 13.1 Å². The second-order valence-corrected chi connectivity index (χ2v) is 9.93. The molecule has 3 rings (SSSR count). The number of nitrogens with one attached hydrogen (secondary N) is 2. The summed E-state index contributed by atoms with van der Waals surface area (Å²) in [6.45, 7) is -0.00501. The Kier molecular flexibility index (Phi) is 8.75. The fraction of sp³-hybridized carbons (Fsp3) is 0.160. The summed E-state index contributed by atoms with van der Waals surface area (Å²) in [5.41, 5.74) is 2.51. The molecule has 0 bridgehead atoms. The summed E-state index contributed by atoms with van der Waals surface area (Å²) in [7, 11) is -3.80. The molecule has 0 fully saturated rings. The molecule has 0 saturated carbocycles. The second-order valence-electron chi connectivity index (χ2n) is 7.75. The summed E-state index contributed by atoms with van der Waals surface area (Å²) in [4.78, 5) is 34.0. The van der Waals surface area contributed by atoms with Crippen LogP contribution in [-0.2, 0) is 32.6 Å². The lowest BCUT2D eigenvalue weighted by Gasteiger charge is -2.11. The fourth-order valence-electron chi connectivity index (χ4n) is 3.29. The number of rotatable bonds is 11. The minimum atomic E-state index is -3.80. The number of carboxylic acid groups (broad SMARTS) is 1. The summed E-state index contributed by atoms with van der Waals surface area (Å²) >= 11 is 6.21. The minimum absolute atomic E-state index is 0.00501. The normalized spacial score (nSPS) is 12.0. The Hall–Kier alpha value is -3.53. The Bertz CT molecular complexity index is 1330. The summed E-state index contributed by atoms with van der Waals surface area (Å²) in [5, 5.41) is 11.7. The second kappa shape index (κ2) is 11.7. The minimum Gasteiger partial charge on any atom is -0.481 e. The molecule has 8 nitrogen and oxygen atoms in total. The highest BCUT2D eigenvalue weighted by atomic mass is 35.5. The van der Waals surface area contributed by atoms with E-state index in [0.29, 0.717) is 23.3 Å². The highest BCUT2D eigenvalue weighted by Gasteiger charge is 2.17. The van der Waals surface area contributed by atoms with E-state index in [1.54, 1.807) is 30.3 Å². The fourth-order valence-corrected chi connectivity index (χ4v) is 4.58. The van der Waals surface area contributed by atoms with Crippen molar-refractivity contribution in [2.75, 3.05) is 0 Å². The van der Waals surface area contributed by atoms with Gasteiger partial charge in [0.25, 0.3) is 5.91 Å². The van der Waals surface area contributed by atoms with Crippen molar-refractivity contribution in [2.45, 2.75) is 30.3 Å². The number of carbonyl (C=O) groups is 3. The van der Waals surface area contributed by atoms with Gasteiger partial charge >= 0.3 is 5.97 Å². The van der Waals surface area contributed by atoms with Crippen LogP contribution in [0.25, 0.3) is 0 Å². The van der Waals surface area contributed by atoms with Gasteiger partial charge < -0.3 is 15.2 Å². The summed E-state index contributed by atoms with van der Waals surface area (Å²) in [5.74, 6) is -1.81. The van der Waals surface area contributed by atoms with Gasteiger partial charge in [-0.05, 0) is 53.4 Å². The number of aldehydes is 1. The lowest BCUT2D eigenvalue weighted by molar-refractivity contribution is -0.138. The first kappa shape index (κ1) is 26.1. The number of carbonyl (C=O) groups excluding carboxylic acids is 2. The standard InChI is InChI=1S/C25H23ClN2O6S/c26-23-7-2-1-5-20(23)12-18-4-3-6-22(13-18)35(33,34)27-15-17-8-10-19(11-9-17)25(32)28-21(16-29)14-24(30)31/h1-11,13,16,21,27H,12,14-15H2,(H,28,32)(H,30,31)/t21-/m0/s1. The van der Waals surface area contributed by atoms with Gasteiger partial charge in [-0.15, -0.1) is 0 Å². The zero-order valence-corrected chi connectivity index (χ0v) is 20.1. The monoisotopic (exact) mass is 514 g/mol. The number of benzene rings is 3. The molecule has 3 N–H and O–H groups in total. The maximum Gasteiger partial charge on any atom is 0.305 e. The van der Waals surface area contributed by atoms with E-state index < -0.39 is 34.4 Å². The molecule has 0 saturated heterocycles. The molecular weight excluding hydrogens is 492 g/mol. The van der Waals surface area contributed by atoms with Gasteiger partial charge in [-0.3, -0.25) is 9.59 Å². The van der Waals surface area contributed by atoms with E-state index in [9.17, 15) is 22.8 Å². The van der Waals surface area contributed by atoms with Crippen molar-refractivity contribution in [3.05, 3.63) is 100 Å². The van der Waals surface area contributed by atoms with E-state index in [2.05, 4.69) is 10.0 Å². The van der Waals surface area contributed by atoms with Crippen LogP contribution in [0, 0.1) is 0 Å². The van der Waals surface area contributed by atoms with E-state index in [1.165, 1.54) is 18.2 Å². The van der Waals surface area contributed by atoms with Crippen LogP contribution in [0.15, 0.2) is 77.7 Å². The molecule has 0 aliphatic carbocycles. The maximum absolute atomic E-state index is 12.8. The van der Waals surface area contributed by atoms with Crippen molar-refractivity contribution < 1.29 is 27.9 Å². The van der Waals surface area contributed by atoms with Crippen molar-refractivity contribution in [3.63, 3.8) is 0 Å². The van der Waals surface area contributed by atoms with Crippen LogP contribution in [0.3, 0.4) is 0 Å². The van der Waals surface area contributed by atoms with Crippen LogP contribution in [0.5, 0.6) is 0 Å². The zero-order chi connectivity index (χ0) is 25.4. The molecule has 0 radical (unpaired) electrons. The molecular formula is C25H23ClN2O6S. The van der Waals surface area contributed by atoms with E-state index in [0.717, 1.165) is 11.1 Å². The van der Waals surface area contributed by atoms with E-state index in [4.69, 9.17) is 16.7 Å². The molecule has 1 atom stereocenters. The molecule has 10 heteroatoms. The van der Waals surface area contributed by atoms with Gasteiger partial charge in [0.05, 0.1) is 17.4 Å². The summed E-state index contributed by atoms with van der Waals surface area (Å²) in [6.07, 6.45) is 0.331. The molecule has 0 heterocycles. The Morgan fingerprint density at radius 3 is 2.34 bits per heavy atom. The number of hydrogen-bond donors (Lipinski definition) is 3. The Balaban J connectivity index is 1.63. The first-order valence-electron chi connectivity index (χ1n) is 10.6. The third-order valence-electron chi connectivity index (χ3n) is 5.12. The quantitative estimate of drug-likeness (QED) is 0.337. The van der Waals surface area contributed by atoms with Crippen LogP contribution in [0.2, 0.25) is 5.02 Å². The number of hydrogen-bond acceptors (Lipinski definition) is 5. The summed E-state index contributed by atoms with van der Waals surface area (Å²) < 4.78 is 28.2. The average Bonchev–Trinajstić information content (AvgIpc) is 2.84. The third kappa shape index (κ3) is 7.48. The molecule has 0 aliphatic rings. The number of carboxylic acids is 1. The van der Waals surface area contributed by atoms with Crippen LogP contribution < -0.4 is 10.0 Å². The lowest BCUT2D eigenvalue weighted by atomic mass is 10.1. The molecule has 3 aromatic carbocycles. The molecule has 0 unspecified atom stereocenters. The van der Waals surface area contributed by atoms with Gasteiger partial charge in [0.15, 0.2) is 0 Å².